The number of halogens is 2. The minimum absolute atomic E-state index is 0.00805. The van der Waals surface area contributed by atoms with Crippen LogP contribution < -0.4 is 5.32 Å². The van der Waals surface area contributed by atoms with Crippen molar-refractivity contribution < 1.29 is 18.4 Å². The van der Waals surface area contributed by atoms with Crippen LogP contribution in [0, 0.1) is 17.6 Å². The van der Waals surface area contributed by atoms with Crippen molar-refractivity contribution >= 4 is 17.5 Å². The maximum absolute atomic E-state index is 13.8. The number of hydrogen-bond acceptors (Lipinski definition) is 2. The summed E-state index contributed by atoms with van der Waals surface area (Å²) in [5, 5.41) is 2.67. The second-order valence-corrected chi connectivity index (χ2v) is 6.07. The largest absolute Gasteiger partial charge is 0.338 e. The normalized spacial score (nSPS) is 17.2. The highest BCUT2D eigenvalue weighted by atomic mass is 19.1. The fourth-order valence-corrected chi connectivity index (χ4v) is 2.99. The van der Waals surface area contributed by atoms with Gasteiger partial charge in [0, 0.05) is 18.8 Å². The van der Waals surface area contributed by atoms with Gasteiger partial charge >= 0.3 is 0 Å². The van der Waals surface area contributed by atoms with Crippen molar-refractivity contribution in [2.45, 2.75) is 12.8 Å². The van der Waals surface area contributed by atoms with Gasteiger partial charge in [0.25, 0.3) is 5.91 Å². The molecule has 1 aliphatic heterocycles. The van der Waals surface area contributed by atoms with Gasteiger partial charge in [0.2, 0.25) is 5.91 Å². The van der Waals surface area contributed by atoms with E-state index in [-0.39, 0.29) is 18.0 Å². The van der Waals surface area contributed by atoms with Gasteiger partial charge in [-0.15, -0.1) is 0 Å². The van der Waals surface area contributed by atoms with E-state index in [4.69, 9.17) is 0 Å². The molecule has 0 aliphatic carbocycles. The molecule has 0 aromatic heterocycles. The van der Waals surface area contributed by atoms with Crippen LogP contribution in [-0.4, -0.2) is 29.8 Å². The molecule has 0 unspecified atom stereocenters. The number of piperidine rings is 1. The first-order valence-electron chi connectivity index (χ1n) is 8.15. The Bertz CT molecular complexity index is 794. The Morgan fingerprint density at radius 2 is 1.88 bits per heavy atom. The Labute approximate surface area is 144 Å². The first-order valence-corrected chi connectivity index (χ1v) is 8.15. The highest BCUT2D eigenvalue weighted by Crippen LogP contribution is 2.21. The molecule has 130 valence electrons. The topological polar surface area (TPSA) is 49.4 Å². The highest BCUT2D eigenvalue weighted by molar-refractivity contribution is 5.96. The smallest absolute Gasteiger partial charge is 0.256 e. The third kappa shape index (κ3) is 4.02. The van der Waals surface area contributed by atoms with Gasteiger partial charge in [0.05, 0.1) is 11.5 Å². The van der Waals surface area contributed by atoms with Crippen molar-refractivity contribution in [3.05, 3.63) is 65.7 Å². The van der Waals surface area contributed by atoms with E-state index in [0.717, 1.165) is 0 Å². The molecule has 1 heterocycles. The monoisotopic (exact) mass is 344 g/mol. The van der Waals surface area contributed by atoms with Crippen LogP contribution in [0.4, 0.5) is 14.5 Å². The zero-order valence-corrected chi connectivity index (χ0v) is 13.5. The molecule has 4 nitrogen and oxygen atoms in total. The number of nitrogens with one attached hydrogen (secondary N) is 1. The molecule has 6 heteroatoms. The molecular weight excluding hydrogens is 326 g/mol. The Kier molecular flexibility index (Phi) is 5.07. The van der Waals surface area contributed by atoms with E-state index in [0.29, 0.717) is 25.1 Å². The van der Waals surface area contributed by atoms with Crippen LogP contribution in [0.2, 0.25) is 0 Å². The lowest BCUT2D eigenvalue weighted by molar-refractivity contribution is -0.121. The number of benzene rings is 2. The lowest BCUT2D eigenvalue weighted by Crippen LogP contribution is -2.44. The van der Waals surface area contributed by atoms with Gasteiger partial charge in [-0.1, -0.05) is 18.2 Å². The number of hydrogen-bond donors (Lipinski definition) is 1. The summed E-state index contributed by atoms with van der Waals surface area (Å²) in [6.07, 6.45) is 1.28. The van der Waals surface area contributed by atoms with Crippen molar-refractivity contribution in [2.75, 3.05) is 18.4 Å². The molecule has 2 aromatic rings. The molecule has 1 N–H and O–H groups in total. The van der Waals surface area contributed by atoms with Crippen LogP contribution in [0.5, 0.6) is 0 Å². The van der Waals surface area contributed by atoms with Crippen molar-refractivity contribution in [3.63, 3.8) is 0 Å². The molecule has 1 atom stereocenters. The predicted octanol–water partition coefficient (Wildman–Crippen LogP) is 3.46. The van der Waals surface area contributed by atoms with E-state index in [2.05, 4.69) is 5.32 Å². The number of rotatable bonds is 3. The number of amides is 2. The van der Waals surface area contributed by atoms with Crippen LogP contribution in [0.15, 0.2) is 48.5 Å². The molecule has 0 radical (unpaired) electrons. The van der Waals surface area contributed by atoms with Gasteiger partial charge in [-0.2, -0.15) is 0 Å². The van der Waals surface area contributed by atoms with E-state index in [9.17, 15) is 18.4 Å². The Morgan fingerprint density at radius 1 is 1.08 bits per heavy atom. The average molecular weight is 344 g/mol. The molecule has 3 rings (SSSR count). The average Bonchev–Trinajstić information content (AvgIpc) is 2.62. The summed E-state index contributed by atoms with van der Waals surface area (Å²) in [6.45, 7) is 0.700. The molecule has 2 aromatic carbocycles. The van der Waals surface area contributed by atoms with Gasteiger partial charge < -0.3 is 10.2 Å². The molecule has 0 saturated carbocycles. The van der Waals surface area contributed by atoms with Crippen LogP contribution >= 0.6 is 0 Å². The number of nitrogens with zero attached hydrogens (tertiary/aromatic N) is 1. The summed E-state index contributed by atoms with van der Waals surface area (Å²) in [5.74, 6) is -2.10. The molecule has 1 aliphatic rings. The third-order valence-corrected chi connectivity index (χ3v) is 4.28. The van der Waals surface area contributed by atoms with Crippen LogP contribution in [0.3, 0.4) is 0 Å². The fraction of sp³-hybridized carbons (Fsp3) is 0.263. The Balaban J connectivity index is 1.67. The van der Waals surface area contributed by atoms with Crippen molar-refractivity contribution in [1.82, 2.24) is 4.90 Å². The van der Waals surface area contributed by atoms with Gasteiger partial charge in [0.1, 0.15) is 11.6 Å². The first kappa shape index (κ1) is 17.1. The van der Waals surface area contributed by atoms with Gasteiger partial charge in [-0.05, 0) is 43.2 Å². The van der Waals surface area contributed by atoms with Crippen LogP contribution in [-0.2, 0) is 4.79 Å². The summed E-state index contributed by atoms with van der Waals surface area (Å²) in [7, 11) is 0. The van der Waals surface area contributed by atoms with Crippen LogP contribution in [0.1, 0.15) is 23.2 Å². The predicted molar refractivity (Wildman–Crippen MR) is 90.1 cm³/mol. The SMILES string of the molecule is O=C(Nc1cccc(F)c1)[C@@H]1CCCN(C(=O)c2ccccc2F)C1. The van der Waals surface area contributed by atoms with Crippen molar-refractivity contribution in [2.24, 2.45) is 5.92 Å². The first-order chi connectivity index (χ1) is 12.0. The van der Waals surface area contributed by atoms with Gasteiger partial charge in [-0.3, -0.25) is 9.59 Å². The Morgan fingerprint density at radius 3 is 2.64 bits per heavy atom. The lowest BCUT2D eigenvalue weighted by Gasteiger charge is -2.32. The summed E-state index contributed by atoms with van der Waals surface area (Å²) < 4.78 is 27.0. The van der Waals surface area contributed by atoms with E-state index >= 15 is 0 Å². The maximum Gasteiger partial charge on any atom is 0.256 e. The molecule has 25 heavy (non-hydrogen) atoms. The molecule has 0 spiro atoms. The fourth-order valence-electron chi connectivity index (χ4n) is 2.99. The standard InChI is InChI=1S/C19H18F2N2O2/c20-14-6-3-7-15(11-14)22-18(24)13-5-4-10-23(12-13)19(25)16-8-1-2-9-17(16)21/h1-3,6-9,11,13H,4-5,10,12H2,(H,22,24)/t13-/m1/s1. The maximum atomic E-state index is 13.8. The number of likely N-dealkylation sites (tertiary alicyclic amines) is 1. The lowest BCUT2D eigenvalue weighted by atomic mass is 9.96. The number of carbonyl (C=O) groups excluding carboxylic acids is 2. The van der Waals surface area contributed by atoms with Crippen LogP contribution in [0.25, 0.3) is 0 Å². The second-order valence-electron chi connectivity index (χ2n) is 6.07. The molecule has 2 amide bonds. The van der Waals surface area contributed by atoms with Gasteiger partial charge in [-0.25, -0.2) is 8.78 Å². The minimum atomic E-state index is -0.571. The van der Waals surface area contributed by atoms with E-state index < -0.39 is 23.5 Å². The number of carbonyl (C=O) groups is 2. The molecular formula is C19H18F2N2O2. The quantitative estimate of drug-likeness (QED) is 0.927. The summed E-state index contributed by atoms with van der Waals surface area (Å²) in [6, 6.07) is 11.5. The third-order valence-electron chi connectivity index (χ3n) is 4.28. The minimum Gasteiger partial charge on any atom is -0.338 e. The summed E-state index contributed by atoms with van der Waals surface area (Å²) >= 11 is 0. The molecule has 1 fully saturated rings. The van der Waals surface area contributed by atoms with Gasteiger partial charge in [0.15, 0.2) is 0 Å². The van der Waals surface area contributed by atoms with E-state index in [1.54, 1.807) is 12.1 Å². The summed E-state index contributed by atoms with van der Waals surface area (Å²) in [5.41, 5.74) is 0.385. The second kappa shape index (κ2) is 7.42. The zero-order chi connectivity index (χ0) is 17.8. The van der Waals surface area contributed by atoms with Crippen molar-refractivity contribution in [1.29, 1.82) is 0 Å². The number of anilines is 1. The Hall–Kier alpha value is -2.76. The molecule has 0 bridgehead atoms. The highest BCUT2D eigenvalue weighted by Gasteiger charge is 2.29. The summed E-state index contributed by atoms with van der Waals surface area (Å²) in [4.78, 5) is 26.4. The van der Waals surface area contributed by atoms with E-state index in [1.807, 2.05) is 0 Å². The molecule has 1 saturated heterocycles. The zero-order valence-electron chi connectivity index (χ0n) is 13.5. The van der Waals surface area contributed by atoms with E-state index in [1.165, 1.54) is 41.3 Å². The van der Waals surface area contributed by atoms with Crippen molar-refractivity contribution in [3.8, 4) is 0 Å².